The van der Waals surface area contributed by atoms with Crippen LogP contribution in [0.4, 0.5) is 0 Å². The molecule has 17 heavy (non-hydrogen) atoms. The molecule has 0 aromatic rings. The molecule has 0 saturated heterocycles. The van der Waals surface area contributed by atoms with E-state index in [4.69, 9.17) is 4.31 Å². The summed E-state index contributed by atoms with van der Waals surface area (Å²) in [5.41, 5.74) is 0. The second-order valence-electron chi connectivity index (χ2n) is 5.49. The van der Waals surface area contributed by atoms with Gasteiger partial charge in [-0.1, -0.05) is 0 Å². The first kappa shape index (κ1) is 17.7. The van der Waals surface area contributed by atoms with Crippen LogP contribution in [0.2, 0.25) is 0 Å². The number of hydrogen-bond donors (Lipinski definition) is 0. The summed E-state index contributed by atoms with van der Waals surface area (Å²) in [5.74, 6) is 0. The van der Waals surface area contributed by atoms with E-state index in [1.165, 1.54) is 0 Å². The molecule has 0 fully saturated rings. The van der Waals surface area contributed by atoms with E-state index in [1.807, 2.05) is 0 Å². The predicted molar refractivity (Wildman–Crippen MR) is 81.9 cm³/mol. The highest BCUT2D eigenvalue weighted by Gasteiger charge is 2.33. The van der Waals surface area contributed by atoms with Crippen molar-refractivity contribution in [2.75, 3.05) is 0 Å². The molecule has 0 amide bonds. The van der Waals surface area contributed by atoms with Crippen molar-refractivity contribution in [2.24, 2.45) is 0 Å². The quantitative estimate of drug-likeness (QED) is 0.648. The van der Waals surface area contributed by atoms with Gasteiger partial charge in [0.2, 0.25) is 0 Å². The van der Waals surface area contributed by atoms with Gasteiger partial charge in [-0.15, -0.1) is 0 Å². The van der Waals surface area contributed by atoms with Crippen molar-refractivity contribution in [1.82, 2.24) is 9.34 Å². The second kappa shape index (κ2) is 8.02. The number of rotatable bonds is 7. The van der Waals surface area contributed by atoms with Gasteiger partial charge >= 0.3 is 0 Å². The van der Waals surface area contributed by atoms with Gasteiger partial charge in [0.25, 0.3) is 0 Å². The fourth-order valence-electron chi connectivity index (χ4n) is 2.21. The topological polar surface area (TPSA) is 15.7 Å². The molecule has 104 valence electrons. The molecule has 1 unspecified atom stereocenters. The minimum absolute atomic E-state index is 0.488. The molecule has 3 nitrogen and oxygen atoms in total. The van der Waals surface area contributed by atoms with E-state index in [-0.39, 0.29) is 0 Å². The van der Waals surface area contributed by atoms with Gasteiger partial charge in [-0.3, -0.25) is 0 Å². The zero-order valence-electron chi connectivity index (χ0n) is 12.6. The fraction of sp³-hybridized carbons (Fsp3) is 1.00. The molecule has 0 radical (unpaired) electrons. The van der Waals surface area contributed by atoms with Crippen molar-refractivity contribution < 1.29 is 4.31 Å². The normalized spacial score (nSPS) is 13.4. The summed E-state index contributed by atoms with van der Waals surface area (Å²) in [6, 6.07) is 1.95. The Bertz CT molecular complexity index is 175. The molecular weight excluding hydrogens is 250 g/mol. The van der Waals surface area contributed by atoms with E-state index < -0.39 is 8.45 Å². The van der Waals surface area contributed by atoms with Crippen LogP contribution in [0.3, 0.4) is 0 Å². The lowest BCUT2D eigenvalue weighted by atomic mass is 10.3. The average molecular weight is 280 g/mol. The van der Waals surface area contributed by atoms with E-state index in [1.54, 1.807) is 0 Å². The van der Waals surface area contributed by atoms with Gasteiger partial charge in [-0.2, -0.15) is 0 Å². The molecular formula is C12H30N2OP2. The summed E-state index contributed by atoms with van der Waals surface area (Å²) in [4.78, 5) is 0. The van der Waals surface area contributed by atoms with E-state index >= 15 is 0 Å². The summed E-state index contributed by atoms with van der Waals surface area (Å²) in [7, 11) is 1.74. The van der Waals surface area contributed by atoms with E-state index in [2.05, 4.69) is 74.2 Å². The molecule has 5 heteroatoms. The van der Waals surface area contributed by atoms with Crippen molar-refractivity contribution in [3.05, 3.63) is 0 Å². The molecule has 0 aromatic heterocycles. The maximum Gasteiger partial charge on any atom is 0.191 e. The van der Waals surface area contributed by atoms with E-state index in [9.17, 15) is 0 Å². The van der Waals surface area contributed by atoms with Crippen LogP contribution in [-0.2, 0) is 4.31 Å². The number of hydrogen-bond acceptors (Lipinski definition) is 3. The van der Waals surface area contributed by atoms with Gasteiger partial charge in [0.1, 0.15) is 0 Å². The summed E-state index contributed by atoms with van der Waals surface area (Å²) < 4.78 is 10.7. The highest BCUT2D eigenvalue weighted by atomic mass is 31.2. The minimum Gasteiger partial charge on any atom is -0.315 e. The van der Waals surface area contributed by atoms with Crippen LogP contribution in [0.15, 0.2) is 0 Å². The monoisotopic (exact) mass is 280 g/mol. The Morgan fingerprint density at radius 2 is 0.941 bits per heavy atom. The fourth-order valence-corrected chi connectivity index (χ4v) is 4.90. The highest BCUT2D eigenvalue weighted by Crippen LogP contribution is 2.52. The molecule has 0 aromatic carbocycles. The van der Waals surface area contributed by atoms with Crippen LogP contribution in [0, 0.1) is 0 Å². The summed E-state index contributed by atoms with van der Waals surface area (Å²) in [6.07, 6.45) is 0. The first-order valence-electron chi connectivity index (χ1n) is 6.47. The Kier molecular flexibility index (Phi) is 8.37. The highest BCUT2D eigenvalue weighted by molar-refractivity contribution is 7.52. The first-order chi connectivity index (χ1) is 7.73. The Hall–Kier alpha value is 0.740. The molecule has 0 saturated carbocycles. The third kappa shape index (κ3) is 5.09. The smallest absolute Gasteiger partial charge is 0.191 e. The van der Waals surface area contributed by atoms with Crippen molar-refractivity contribution in [1.29, 1.82) is 0 Å². The van der Waals surface area contributed by atoms with Gasteiger partial charge in [-0.05, 0) is 55.4 Å². The third-order valence-electron chi connectivity index (χ3n) is 2.61. The Morgan fingerprint density at radius 1 is 0.706 bits per heavy atom. The molecule has 1 atom stereocenters. The van der Waals surface area contributed by atoms with Crippen molar-refractivity contribution >= 4 is 17.9 Å². The molecule has 0 heterocycles. The van der Waals surface area contributed by atoms with Gasteiger partial charge in [0.15, 0.2) is 8.45 Å². The maximum absolute atomic E-state index is 5.75. The predicted octanol–water partition coefficient (Wildman–Crippen LogP) is 4.26. The second-order valence-corrected chi connectivity index (χ2v) is 7.77. The van der Waals surface area contributed by atoms with Crippen molar-refractivity contribution in [2.45, 2.75) is 79.6 Å². The molecule has 0 bridgehead atoms. The van der Waals surface area contributed by atoms with Crippen molar-refractivity contribution in [3.8, 4) is 0 Å². The third-order valence-corrected chi connectivity index (χ3v) is 6.00. The number of nitrogens with zero attached hydrogens (tertiary/aromatic N) is 2. The van der Waals surface area contributed by atoms with Crippen molar-refractivity contribution in [3.63, 3.8) is 0 Å². The minimum atomic E-state index is -0.713. The first-order valence-corrected chi connectivity index (χ1v) is 8.11. The molecule has 0 aliphatic carbocycles. The van der Waals surface area contributed by atoms with Gasteiger partial charge in [0, 0.05) is 33.6 Å². The zero-order valence-corrected chi connectivity index (χ0v) is 14.7. The average Bonchev–Trinajstić information content (AvgIpc) is 2.13. The molecule has 0 aliphatic rings. The molecule has 0 N–H and O–H groups in total. The summed E-state index contributed by atoms with van der Waals surface area (Å²) in [5, 5.41) is 0. The summed E-state index contributed by atoms with van der Waals surface area (Å²) in [6.45, 7) is 17.9. The Balaban J connectivity index is 5.11. The van der Waals surface area contributed by atoms with Gasteiger partial charge in [0.05, 0.1) is 0 Å². The van der Waals surface area contributed by atoms with Gasteiger partial charge in [-0.25, -0.2) is 9.34 Å². The van der Waals surface area contributed by atoms with Crippen LogP contribution < -0.4 is 0 Å². The SMILES string of the molecule is CC(C)N(C(C)C)P(OP)N(C(C)C)C(C)C. The van der Waals surface area contributed by atoms with Crippen LogP contribution in [0.1, 0.15) is 55.4 Å². The lowest BCUT2D eigenvalue weighted by Crippen LogP contribution is -2.42. The lowest BCUT2D eigenvalue weighted by molar-refractivity contribution is 0.230. The molecule has 0 spiro atoms. The van der Waals surface area contributed by atoms with Crippen LogP contribution in [-0.4, -0.2) is 33.5 Å². The van der Waals surface area contributed by atoms with E-state index in [0.717, 1.165) is 0 Å². The largest absolute Gasteiger partial charge is 0.315 e. The maximum atomic E-state index is 5.75. The zero-order chi connectivity index (χ0) is 13.7. The van der Waals surface area contributed by atoms with Crippen LogP contribution in [0.25, 0.3) is 0 Å². The lowest BCUT2D eigenvalue weighted by Gasteiger charge is -2.44. The van der Waals surface area contributed by atoms with Crippen LogP contribution in [0.5, 0.6) is 0 Å². The summed E-state index contributed by atoms with van der Waals surface area (Å²) >= 11 is 0. The molecule has 0 aliphatic heterocycles. The van der Waals surface area contributed by atoms with Gasteiger partial charge < -0.3 is 4.31 Å². The Morgan fingerprint density at radius 3 is 1.06 bits per heavy atom. The Labute approximate surface area is 112 Å². The molecule has 0 rings (SSSR count). The van der Waals surface area contributed by atoms with Crippen LogP contribution >= 0.6 is 17.9 Å². The van der Waals surface area contributed by atoms with E-state index in [0.29, 0.717) is 24.2 Å². The standard InChI is InChI=1S/C12H30N2OP2/c1-9(2)13(10(3)4)17(15-16)14(11(5)6)12(7)8/h9-12H,16H2,1-8H3.